The number of azo groups is 1. The van der Waals surface area contributed by atoms with Gasteiger partial charge in [-0.25, -0.2) is 4.99 Å². The van der Waals surface area contributed by atoms with Crippen molar-refractivity contribution >= 4 is 28.1 Å². The highest BCUT2D eigenvalue weighted by atomic mass is 16.3. The van der Waals surface area contributed by atoms with E-state index in [4.69, 9.17) is 0 Å². The van der Waals surface area contributed by atoms with E-state index in [1.165, 1.54) is 0 Å². The summed E-state index contributed by atoms with van der Waals surface area (Å²) in [6, 6.07) is 26.8. The fourth-order valence-electron chi connectivity index (χ4n) is 2.67. The molecule has 0 amide bonds. The Bertz CT molecular complexity index is 1080. The molecule has 26 heavy (non-hydrogen) atoms. The van der Waals surface area contributed by atoms with Gasteiger partial charge in [0.15, 0.2) is 11.5 Å². The van der Waals surface area contributed by atoms with E-state index in [2.05, 4.69) is 20.2 Å². The zero-order valence-electron chi connectivity index (χ0n) is 13.9. The van der Waals surface area contributed by atoms with E-state index in [0.717, 1.165) is 22.2 Å². The third-order valence-electron chi connectivity index (χ3n) is 3.93. The highest BCUT2D eigenvalue weighted by Crippen LogP contribution is 2.35. The average molecular weight is 340 g/mol. The minimum atomic E-state index is -0.0120. The smallest absolute Gasteiger partial charge is 0.218 e. The van der Waals surface area contributed by atoms with Crippen molar-refractivity contribution < 1.29 is 5.11 Å². The SMILES string of the molecule is Oc1[nH]c2ccccc2c1N=NC(=Nc1ccccc1)c1ccccc1. The lowest BCUT2D eigenvalue weighted by molar-refractivity contribution is 0.459. The topological polar surface area (TPSA) is 73.1 Å². The highest BCUT2D eigenvalue weighted by molar-refractivity contribution is 6.01. The van der Waals surface area contributed by atoms with Gasteiger partial charge in [0.05, 0.1) is 11.2 Å². The first-order chi connectivity index (χ1) is 12.8. The van der Waals surface area contributed by atoms with Crippen LogP contribution in [0.4, 0.5) is 11.4 Å². The van der Waals surface area contributed by atoms with Crippen LogP contribution < -0.4 is 0 Å². The Morgan fingerprint density at radius 2 is 1.42 bits per heavy atom. The molecule has 4 aromatic rings. The number of hydrogen-bond acceptors (Lipinski definition) is 3. The summed E-state index contributed by atoms with van der Waals surface area (Å²) in [5.74, 6) is 0.462. The van der Waals surface area contributed by atoms with E-state index < -0.39 is 0 Å². The number of fused-ring (bicyclic) bond motifs is 1. The van der Waals surface area contributed by atoms with Crippen molar-refractivity contribution in [2.45, 2.75) is 0 Å². The number of nitrogens with zero attached hydrogens (tertiary/aromatic N) is 3. The van der Waals surface area contributed by atoms with Gasteiger partial charge in [0.2, 0.25) is 5.88 Å². The molecule has 3 aromatic carbocycles. The Kier molecular flexibility index (Phi) is 4.26. The molecule has 0 unspecified atom stereocenters. The minimum absolute atomic E-state index is 0.0120. The number of hydrogen-bond donors (Lipinski definition) is 2. The number of benzene rings is 3. The predicted molar refractivity (Wildman–Crippen MR) is 104 cm³/mol. The number of aromatic hydroxyl groups is 1. The van der Waals surface area contributed by atoms with Gasteiger partial charge in [0.1, 0.15) is 0 Å². The second kappa shape index (κ2) is 7.03. The van der Waals surface area contributed by atoms with Gasteiger partial charge >= 0.3 is 0 Å². The van der Waals surface area contributed by atoms with Gasteiger partial charge in [0.25, 0.3) is 0 Å². The van der Waals surface area contributed by atoms with Crippen LogP contribution in [0, 0.1) is 0 Å². The third-order valence-corrected chi connectivity index (χ3v) is 3.93. The summed E-state index contributed by atoms with van der Waals surface area (Å²) in [4.78, 5) is 7.50. The molecule has 0 aliphatic rings. The molecule has 1 aromatic heterocycles. The number of H-pyrrole nitrogens is 1. The standard InChI is InChI=1S/C21H16N4O/c26-21-19(17-13-7-8-14-18(17)23-21)24-25-20(15-9-3-1-4-10-15)22-16-11-5-2-6-12-16/h1-14,23,26H. The molecule has 0 atom stereocenters. The van der Waals surface area contributed by atoms with E-state index >= 15 is 0 Å². The monoisotopic (exact) mass is 340 g/mol. The molecule has 0 saturated heterocycles. The first-order valence-corrected chi connectivity index (χ1v) is 8.22. The van der Waals surface area contributed by atoms with E-state index in [1.54, 1.807) is 0 Å². The number of nitrogens with one attached hydrogen (secondary N) is 1. The molecule has 0 bridgehead atoms. The van der Waals surface area contributed by atoms with Crippen molar-refractivity contribution in [2.24, 2.45) is 15.2 Å². The van der Waals surface area contributed by atoms with Crippen LogP contribution >= 0.6 is 0 Å². The molecular weight excluding hydrogens is 324 g/mol. The van der Waals surface area contributed by atoms with E-state index in [-0.39, 0.29) is 5.88 Å². The first-order valence-electron chi connectivity index (χ1n) is 8.22. The number of para-hydroxylation sites is 2. The summed E-state index contributed by atoms with van der Waals surface area (Å²) in [7, 11) is 0. The van der Waals surface area contributed by atoms with Crippen molar-refractivity contribution in [3.05, 3.63) is 90.5 Å². The Balaban J connectivity index is 1.79. The van der Waals surface area contributed by atoms with Crippen LogP contribution in [0.5, 0.6) is 5.88 Å². The summed E-state index contributed by atoms with van der Waals surface area (Å²) in [5.41, 5.74) is 2.84. The fourth-order valence-corrected chi connectivity index (χ4v) is 2.67. The van der Waals surface area contributed by atoms with Crippen LogP contribution in [0.1, 0.15) is 5.56 Å². The minimum Gasteiger partial charge on any atom is -0.493 e. The number of aromatic amines is 1. The molecule has 0 saturated carbocycles. The van der Waals surface area contributed by atoms with E-state index in [0.29, 0.717) is 11.5 Å². The van der Waals surface area contributed by atoms with Gasteiger partial charge in [-0.3, -0.25) is 0 Å². The number of aliphatic imine (C=N–C) groups is 1. The van der Waals surface area contributed by atoms with Gasteiger partial charge in [0, 0.05) is 10.9 Å². The van der Waals surface area contributed by atoms with E-state index in [1.807, 2.05) is 84.9 Å². The largest absolute Gasteiger partial charge is 0.493 e. The second-order valence-corrected chi connectivity index (χ2v) is 5.70. The zero-order chi connectivity index (χ0) is 17.8. The van der Waals surface area contributed by atoms with Crippen molar-refractivity contribution in [3.8, 4) is 5.88 Å². The Hall–Kier alpha value is -3.73. The molecule has 0 spiro atoms. The lowest BCUT2D eigenvalue weighted by Crippen LogP contribution is -1.95. The number of aromatic nitrogens is 1. The maximum absolute atomic E-state index is 10.2. The Labute approximate surface area is 150 Å². The maximum Gasteiger partial charge on any atom is 0.218 e. The summed E-state index contributed by atoms with van der Waals surface area (Å²) in [6.07, 6.45) is 0. The quantitative estimate of drug-likeness (QED) is 0.279. The van der Waals surface area contributed by atoms with Crippen LogP contribution in [-0.2, 0) is 0 Å². The first kappa shape index (κ1) is 15.8. The molecule has 0 aliphatic carbocycles. The zero-order valence-corrected chi connectivity index (χ0v) is 13.9. The van der Waals surface area contributed by atoms with Crippen LogP contribution in [0.2, 0.25) is 0 Å². The summed E-state index contributed by atoms with van der Waals surface area (Å²) in [6.45, 7) is 0. The van der Waals surface area contributed by atoms with Crippen LogP contribution in [0.15, 0.2) is 100 Å². The molecule has 4 rings (SSSR count). The Morgan fingerprint density at radius 1 is 0.769 bits per heavy atom. The van der Waals surface area contributed by atoms with Crippen LogP contribution in [0.3, 0.4) is 0 Å². The molecule has 5 nitrogen and oxygen atoms in total. The lowest BCUT2D eigenvalue weighted by Gasteiger charge is -2.01. The van der Waals surface area contributed by atoms with Gasteiger partial charge in [-0.05, 0) is 18.2 Å². The van der Waals surface area contributed by atoms with Crippen molar-refractivity contribution in [1.82, 2.24) is 4.98 Å². The van der Waals surface area contributed by atoms with Gasteiger partial charge in [-0.2, -0.15) is 0 Å². The maximum atomic E-state index is 10.2. The molecule has 0 radical (unpaired) electrons. The Morgan fingerprint density at radius 3 is 2.19 bits per heavy atom. The molecule has 126 valence electrons. The predicted octanol–water partition coefficient (Wildman–Crippen LogP) is 5.74. The van der Waals surface area contributed by atoms with Crippen molar-refractivity contribution in [2.75, 3.05) is 0 Å². The molecule has 0 fully saturated rings. The summed E-state index contributed by atoms with van der Waals surface area (Å²) in [5, 5.41) is 19.6. The van der Waals surface area contributed by atoms with Crippen molar-refractivity contribution in [3.63, 3.8) is 0 Å². The van der Waals surface area contributed by atoms with Gasteiger partial charge in [-0.1, -0.05) is 66.7 Å². The summed E-state index contributed by atoms with van der Waals surface area (Å²) >= 11 is 0. The molecule has 0 aliphatic heterocycles. The van der Waals surface area contributed by atoms with Gasteiger partial charge < -0.3 is 10.1 Å². The van der Waals surface area contributed by atoms with E-state index in [9.17, 15) is 5.11 Å². The second-order valence-electron chi connectivity index (χ2n) is 5.70. The number of amidine groups is 1. The van der Waals surface area contributed by atoms with Crippen LogP contribution in [0.25, 0.3) is 10.9 Å². The molecule has 1 heterocycles. The molecule has 2 N–H and O–H groups in total. The van der Waals surface area contributed by atoms with Gasteiger partial charge in [-0.15, -0.1) is 10.2 Å². The normalized spacial score (nSPS) is 12.1. The van der Waals surface area contributed by atoms with Crippen molar-refractivity contribution in [1.29, 1.82) is 0 Å². The highest BCUT2D eigenvalue weighted by Gasteiger charge is 2.10. The molecular formula is C21H16N4O. The summed E-state index contributed by atoms with van der Waals surface area (Å²) < 4.78 is 0. The van der Waals surface area contributed by atoms with Crippen LogP contribution in [-0.4, -0.2) is 15.9 Å². The fraction of sp³-hybridized carbons (Fsp3) is 0. The lowest BCUT2D eigenvalue weighted by atomic mass is 10.2. The number of rotatable bonds is 3. The average Bonchev–Trinajstić information content (AvgIpc) is 3.02. The third kappa shape index (κ3) is 3.23. The molecule has 5 heteroatoms.